The van der Waals surface area contributed by atoms with Gasteiger partial charge in [-0.15, -0.1) is 11.8 Å². The van der Waals surface area contributed by atoms with Gasteiger partial charge in [0.25, 0.3) is 0 Å². The fraction of sp³-hybridized carbons (Fsp3) is 0.316. The Hall–Kier alpha value is -2.18. The van der Waals surface area contributed by atoms with Crippen LogP contribution in [-0.2, 0) is 9.53 Å². The van der Waals surface area contributed by atoms with E-state index in [0.717, 1.165) is 16.0 Å². The summed E-state index contributed by atoms with van der Waals surface area (Å²) in [7, 11) is 1.59. The smallest absolute Gasteiger partial charge is 0.336 e. The van der Waals surface area contributed by atoms with E-state index in [0.29, 0.717) is 11.4 Å². The van der Waals surface area contributed by atoms with Crippen LogP contribution in [0, 0.1) is 6.92 Å². The first-order valence-corrected chi connectivity index (χ1v) is 8.85. The first-order valence-electron chi connectivity index (χ1n) is 7.97. The summed E-state index contributed by atoms with van der Waals surface area (Å²) in [6.45, 7) is 3.88. The molecule has 0 aromatic heterocycles. The fourth-order valence-electron chi connectivity index (χ4n) is 2.34. The van der Waals surface area contributed by atoms with E-state index in [1.165, 1.54) is 11.8 Å². The van der Waals surface area contributed by atoms with Crippen molar-refractivity contribution in [2.24, 2.45) is 0 Å². The highest BCUT2D eigenvalue weighted by molar-refractivity contribution is 7.99. The molecule has 3 N–H and O–H groups in total. The highest BCUT2D eigenvalue weighted by atomic mass is 32.2. The molecule has 0 fully saturated rings. The van der Waals surface area contributed by atoms with Gasteiger partial charge in [-0.25, -0.2) is 4.79 Å². The third-order valence-corrected chi connectivity index (χ3v) is 5.07. The number of nitrogens with two attached hydrogens (primary N) is 1. The molecule has 25 heavy (non-hydrogen) atoms. The minimum Gasteiger partial charge on any atom is -0.497 e. The summed E-state index contributed by atoms with van der Waals surface area (Å²) in [6.07, 6.45) is -1.31. The lowest BCUT2D eigenvalue weighted by molar-refractivity contribution is -0.153. The van der Waals surface area contributed by atoms with Gasteiger partial charge in [-0.2, -0.15) is 0 Å². The van der Waals surface area contributed by atoms with E-state index in [1.54, 1.807) is 26.2 Å². The lowest BCUT2D eigenvalue weighted by atomic mass is 10.1. The van der Waals surface area contributed by atoms with Crippen LogP contribution in [0.3, 0.4) is 0 Å². The molecular formula is C19H23NO4S. The zero-order chi connectivity index (χ0) is 18.4. The molecule has 0 heterocycles. The number of aryl methyl sites for hydroxylation is 1. The number of aliphatic hydroxyl groups excluding tert-OH is 1. The van der Waals surface area contributed by atoms with Crippen molar-refractivity contribution < 1.29 is 19.4 Å². The first-order chi connectivity index (χ1) is 12.0. The Morgan fingerprint density at radius 3 is 2.52 bits per heavy atom. The molecule has 6 heteroatoms. The highest BCUT2D eigenvalue weighted by Crippen LogP contribution is 2.41. The normalized spacial score (nSPS) is 13.1. The van der Waals surface area contributed by atoms with E-state index in [1.807, 2.05) is 37.3 Å². The Bertz CT molecular complexity index is 718. The quantitative estimate of drug-likeness (QED) is 0.447. The number of esters is 1. The molecule has 2 atom stereocenters. The minimum atomic E-state index is -1.31. The van der Waals surface area contributed by atoms with Gasteiger partial charge in [0.05, 0.1) is 19.0 Å². The number of rotatable bonds is 7. The van der Waals surface area contributed by atoms with Crippen LogP contribution in [0.5, 0.6) is 5.75 Å². The van der Waals surface area contributed by atoms with Gasteiger partial charge in [0.2, 0.25) is 0 Å². The lowest BCUT2D eigenvalue weighted by Gasteiger charge is -2.22. The minimum absolute atomic E-state index is 0.211. The van der Waals surface area contributed by atoms with E-state index in [-0.39, 0.29) is 6.61 Å². The van der Waals surface area contributed by atoms with Crippen LogP contribution in [-0.4, -0.2) is 30.9 Å². The number of carbonyl (C=O) groups is 1. The van der Waals surface area contributed by atoms with Gasteiger partial charge in [0.1, 0.15) is 5.75 Å². The van der Waals surface area contributed by atoms with E-state index < -0.39 is 17.3 Å². The number of aliphatic hydroxyl groups is 1. The number of nitrogen functional groups attached to an aromatic ring is 1. The molecule has 134 valence electrons. The maximum atomic E-state index is 12.1. The van der Waals surface area contributed by atoms with Crippen molar-refractivity contribution in [3.05, 3.63) is 53.6 Å². The van der Waals surface area contributed by atoms with Crippen molar-refractivity contribution in [3.8, 4) is 5.75 Å². The van der Waals surface area contributed by atoms with Crippen LogP contribution >= 0.6 is 11.8 Å². The van der Waals surface area contributed by atoms with Gasteiger partial charge in [-0.05, 0) is 49.2 Å². The van der Waals surface area contributed by atoms with Gasteiger partial charge >= 0.3 is 5.97 Å². The van der Waals surface area contributed by atoms with E-state index in [9.17, 15) is 9.90 Å². The van der Waals surface area contributed by atoms with Crippen molar-refractivity contribution in [2.45, 2.75) is 30.1 Å². The van der Waals surface area contributed by atoms with Gasteiger partial charge in [0.15, 0.2) is 6.10 Å². The fourth-order valence-corrected chi connectivity index (χ4v) is 3.60. The third kappa shape index (κ3) is 4.90. The molecule has 0 saturated carbocycles. The van der Waals surface area contributed by atoms with Crippen LogP contribution in [0.15, 0.2) is 47.4 Å². The predicted molar refractivity (Wildman–Crippen MR) is 99.8 cm³/mol. The third-order valence-electron chi connectivity index (χ3n) is 3.68. The Labute approximate surface area is 152 Å². The average molecular weight is 361 g/mol. The average Bonchev–Trinajstić information content (AvgIpc) is 2.62. The van der Waals surface area contributed by atoms with Crippen molar-refractivity contribution in [1.29, 1.82) is 0 Å². The number of hydrogen-bond donors (Lipinski definition) is 2. The lowest BCUT2D eigenvalue weighted by Crippen LogP contribution is -2.28. The second kappa shape index (κ2) is 8.78. The molecule has 0 bridgehead atoms. The Morgan fingerprint density at radius 2 is 1.92 bits per heavy atom. The van der Waals surface area contributed by atoms with Gasteiger partial charge in [-0.3, -0.25) is 0 Å². The molecule has 0 aliphatic carbocycles. The van der Waals surface area contributed by atoms with Crippen LogP contribution in [0.2, 0.25) is 0 Å². The summed E-state index contributed by atoms with van der Waals surface area (Å²) in [5, 5.41) is 10.00. The molecule has 0 saturated heterocycles. The van der Waals surface area contributed by atoms with Crippen LogP contribution < -0.4 is 10.5 Å². The van der Waals surface area contributed by atoms with Crippen molar-refractivity contribution in [1.82, 2.24) is 0 Å². The number of methoxy groups -OCH3 is 1. The molecular weight excluding hydrogens is 338 g/mol. The monoisotopic (exact) mass is 361 g/mol. The molecule has 0 radical (unpaired) electrons. The van der Waals surface area contributed by atoms with Crippen molar-refractivity contribution in [2.75, 3.05) is 19.5 Å². The summed E-state index contributed by atoms with van der Waals surface area (Å²) in [4.78, 5) is 12.9. The topological polar surface area (TPSA) is 81.8 Å². The Morgan fingerprint density at radius 1 is 1.24 bits per heavy atom. The van der Waals surface area contributed by atoms with E-state index >= 15 is 0 Å². The summed E-state index contributed by atoms with van der Waals surface area (Å²) in [6, 6.07) is 12.9. The summed E-state index contributed by atoms with van der Waals surface area (Å²) >= 11 is 1.34. The number of thioether (sulfide) groups is 1. The highest BCUT2D eigenvalue weighted by Gasteiger charge is 2.30. The molecule has 2 aromatic rings. The molecule has 0 aliphatic rings. The predicted octanol–water partition coefficient (Wildman–Crippen LogP) is 3.34. The number of carbonyl (C=O) groups excluding carboxylic acids is 1. The van der Waals surface area contributed by atoms with Crippen molar-refractivity contribution in [3.63, 3.8) is 0 Å². The van der Waals surface area contributed by atoms with E-state index in [4.69, 9.17) is 15.2 Å². The second-order valence-electron chi connectivity index (χ2n) is 5.55. The molecule has 0 spiro atoms. The van der Waals surface area contributed by atoms with Crippen LogP contribution in [0.4, 0.5) is 5.69 Å². The zero-order valence-corrected chi connectivity index (χ0v) is 15.4. The largest absolute Gasteiger partial charge is 0.497 e. The standard InChI is InChI=1S/C19H23NO4S/c1-4-24-19(22)17(21)18(13-6-8-14(23-3)9-7-13)25-16-11-12(2)5-10-15(16)20/h5-11,17-18,21H,4,20H2,1-3H3/t17-,18+/m1/s1. The molecule has 0 unspecified atom stereocenters. The first kappa shape index (κ1) is 19.1. The number of anilines is 1. The maximum absolute atomic E-state index is 12.1. The Kier molecular flexibility index (Phi) is 6.73. The molecule has 0 aliphatic heterocycles. The maximum Gasteiger partial charge on any atom is 0.336 e. The molecule has 0 amide bonds. The van der Waals surface area contributed by atoms with Crippen LogP contribution in [0.25, 0.3) is 0 Å². The number of hydrogen-bond acceptors (Lipinski definition) is 6. The van der Waals surface area contributed by atoms with Gasteiger partial charge in [-0.1, -0.05) is 18.2 Å². The van der Waals surface area contributed by atoms with Crippen LogP contribution in [0.1, 0.15) is 23.3 Å². The van der Waals surface area contributed by atoms with Crippen molar-refractivity contribution >= 4 is 23.4 Å². The second-order valence-corrected chi connectivity index (χ2v) is 6.73. The molecule has 5 nitrogen and oxygen atoms in total. The SMILES string of the molecule is CCOC(=O)[C@H](O)[C@@H](Sc1cc(C)ccc1N)c1ccc(OC)cc1. The number of benzene rings is 2. The molecule has 2 aromatic carbocycles. The number of ether oxygens (including phenoxy) is 2. The van der Waals surface area contributed by atoms with E-state index in [2.05, 4.69) is 0 Å². The molecule has 2 rings (SSSR count). The summed E-state index contributed by atoms with van der Waals surface area (Å²) in [5.41, 5.74) is 8.50. The Balaban J connectivity index is 2.36. The van der Waals surface area contributed by atoms with Gasteiger partial charge in [0, 0.05) is 10.6 Å². The van der Waals surface area contributed by atoms with Gasteiger partial charge < -0.3 is 20.3 Å². The summed E-state index contributed by atoms with van der Waals surface area (Å²) in [5.74, 6) is 0.0511. The zero-order valence-electron chi connectivity index (χ0n) is 14.6. The summed E-state index contributed by atoms with van der Waals surface area (Å²) < 4.78 is 10.2.